The van der Waals surface area contributed by atoms with E-state index in [0.717, 1.165) is 40.9 Å². The van der Waals surface area contributed by atoms with Gasteiger partial charge in [0.1, 0.15) is 11.5 Å². The molecule has 0 saturated heterocycles. The highest BCUT2D eigenvalue weighted by Crippen LogP contribution is 2.48. The summed E-state index contributed by atoms with van der Waals surface area (Å²) in [5.41, 5.74) is 4.08. The second kappa shape index (κ2) is 9.76. The summed E-state index contributed by atoms with van der Waals surface area (Å²) in [5, 5.41) is 0. The molecule has 1 aliphatic heterocycles. The van der Waals surface area contributed by atoms with Gasteiger partial charge in [0.25, 0.3) is 0 Å². The van der Waals surface area contributed by atoms with E-state index in [1.807, 2.05) is 31.2 Å². The predicted octanol–water partition coefficient (Wildman–Crippen LogP) is 4.97. The molecule has 0 saturated carbocycles. The molecule has 1 heterocycles. The molecular formula is C27H31NO5S. The zero-order valence-corrected chi connectivity index (χ0v) is 20.9. The standard InChI is InChI=1S/C27H31NO5S/c1-5-20-12-15-22(23-8-6-7-9-25(23)32-4)24-16-28(17-26(27(20)24)33-19(3)29)34(30,31)21-13-10-18(2)11-14-21/h6-14,22,24H,5,15-17H2,1-4H3/t22-,24-/m1/s1. The Morgan fingerprint density at radius 2 is 1.79 bits per heavy atom. The van der Waals surface area contributed by atoms with Gasteiger partial charge in [-0.3, -0.25) is 4.79 Å². The predicted molar refractivity (Wildman–Crippen MR) is 131 cm³/mol. The Hall–Kier alpha value is -2.90. The van der Waals surface area contributed by atoms with Crippen molar-refractivity contribution in [2.45, 2.75) is 44.4 Å². The summed E-state index contributed by atoms with van der Waals surface area (Å²) >= 11 is 0. The van der Waals surface area contributed by atoms with Crippen LogP contribution in [0.25, 0.3) is 0 Å². The van der Waals surface area contributed by atoms with Crippen LogP contribution in [0.2, 0.25) is 0 Å². The van der Waals surface area contributed by atoms with E-state index in [2.05, 4.69) is 13.0 Å². The minimum Gasteiger partial charge on any atom is -0.496 e. The van der Waals surface area contributed by atoms with Crippen molar-refractivity contribution in [3.05, 3.63) is 82.6 Å². The molecule has 0 spiro atoms. The number of methoxy groups -OCH3 is 1. The van der Waals surface area contributed by atoms with Gasteiger partial charge in [0, 0.05) is 19.4 Å². The smallest absolute Gasteiger partial charge is 0.307 e. The summed E-state index contributed by atoms with van der Waals surface area (Å²) in [4.78, 5) is 12.3. The number of para-hydroxylation sites is 1. The first-order valence-corrected chi connectivity index (χ1v) is 13.0. The van der Waals surface area contributed by atoms with Gasteiger partial charge in [0.2, 0.25) is 10.0 Å². The molecule has 2 aromatic rings. The van der Waals surface area contributed by atoms with Gasteiger partial charge < -0.3 is 9.47 Å². The molecule has 0 N–H and O–H groups in total. The molecule has 7 heteroatoms. The van der Waals surface area contributed by atoms with Crippen molar-refractivity contribution in [2.75, 3.05) is 20.2 Å². The van der Waals surface area contributed by atoms with Crippen LogP contribution in [0.4, 0.5) is 0 Å². The number of nitrogens with zero attached hydrogens (tertiary/aromatic N) is 1. The molecule has 2 aromatic carbocycles. The fraction of sp³-hybridized carbons (Fsp3) is 0.370. The first-order valence-electron chi connectivity index (χ1n) is 11.6. The van der Waals surface area contributed by atoms with Gasteiger partial charge in [-0.2, -0.15) is 4.31 Å². The maximum atomic E-state index is 13.6. The number of carbonyl (C=O) groups excluding carboxylic acids is 1. The highest BCUT2D eigenvalue weighted by atomic mass is 32.2. The van der Waals surface area contributed by atoms with Crippen LogP contribution in [0.15, 0.2) is 76.4 Å². The summed E-state index contributed by atoms with van der Waals surface area (Å²) in [5.74, 6) is 0.563. The van der Waals surface area contributed by atoms with Gasteiger partial charge >= 0.3 is 5.97 Å². The summed E-state index contributed by atoms with van der Waals surface area (Å²) in [6, 6.07) is 14.7. The fourth-order valence-corrected chi connectivity index (χ4v) is 6.49. The lowest BCUT2D eigenvalue weighted by Crippen LogP contribution is -2.45. The number of ether oxygens (including phenoxy) is 2. The molecule has 180 valence electrons. The Morgan fingerprint density at radius 3 is 2.44 bits per heavy atom. The summed E-state index contributed by atoms with van der Waals surface area (Å²) in [6.07, 6.45) is 3.72. The average molecular weight is 482 g/mol. The summed E-state index contributed by atoms with van der Waals surface area (Å²) in [6.45, 7) is 5.67. The number of hydrogen-bond acceptors (Lipinski definition) is 5. The molecule has 4 rings (SSSR count). The second-order valence-electron chi connectivity index (χ2n) is 8.81. The fourth-order valence-electron chi connectivity index (χ4n) is 5.07. The number of esters is 1. The van der Waals surface area contributed by atoms with Crippen LogP contribution in [0, 0.1) is 12.8 Å². The Labute approximate surface area is 201 Å². The van der Waals surface area contributed by atoms with Gasteiger partial charge in [-0.25, -0.2) is 8.42 Å². The van der Waals surface area contributed by atoms with E-state index in [-0.39, 0.29) is 23.3 Å². The quantitative estimate of drug-likeness (QED) is 0.545. The van der Waals surface area contributed by atoms with Crippen LogP contribution < -0.4 is 4.74 Å². The highest BCUT2D eigenvalue weighted by Gasteiger charge is 2.43. The zero-order chi connectivity index (χ0) is 24.5. The molecule has 0 amide bonds. The molecular weight excluding hydrogens is 450 g/mol. The topological polar surface area (TPSA) is 72.9 Å². The van der Waals surface area contributed by atoms with Crippen LogP contribution in [0.5, 0.6) is 5.75 Å². The summed E-state index contributed by atoms with van der Waals surface area (Å²) in [7, 11) is -2.14. The third-order valence-corrected chi connectivity index (χ3v) is 8.51. The Morgan fingerprint density at radius 1 is 1.09 bits per heavy atom. The van der Waals surface area contributed by atoms with Crippen LogP contribution in [-0.4, -0.2) is 38.9 Å². The zero-order valence-electron chi connectivity index (χ0n) is 20.1. The van der Waals surface area contributed by atoms with Crippen molar-refractivity contribution in [3.63, 3.8) is 0 Å². The van der Waals surface area contributed by atoms with E-state index in [9.17, 15) is 13.2 Å². The highest BCUT2D eigenvalue weighted by molar-refractivity contribution is 7.89. The number of carbonyl (C=O) groups is 1. The number of sulfonamides is 1. The largest absolute Gasteiger partial charge is 0.496 e. The molecule has 34 heavy (non-hydrogen) atoms. The Bertz CT molecular complexity index is 1240. The molecule has 0 unspecified atom stereocenters. The number of benzene rings is 2. The normalized spacial score (nSPS) is 21.0. The van der Waals surface area contributed by atoms with E-state index in [1.165, 1.54) is 11.2 Å². The summed E-state index contributed by atoms with van der Waals surface area (Å²) < 4.78 is 40.1. The third kappa shape index (κ3) is 4.55. The van der Waals surface area contributed by atoms with E-state index in [4.69, 9.17) is 9.47 Å². The second-order valence-corrected chi connectivity index (χ2v) is 10.8. The Balaban J connectivity index is 1.85. The first kappa shape index (κ1) is 24.2. The lowest BCUT2D eigenvalue weighted by Gasteiger charge is -2.42. The molecule has 0 aromatic heterocycles. The van der Waals surface area contributed by atoms with Gasteiger partial charge in [0.15, 0.2) is 0 Å². The Kier molecular flexibility index (Phi) is 6.96. The van der Waals surface area contributed by atoms with Gasteiger partial charge in [-0.15, -0.1) is 0 Å². The SMILES string of the molecule is CCC1=CC[C@H](c2ccccc2OC)[C@H]2CN(S(=O)(=O)c3ccc(C)cc3)CC(OC(C)=O)=C12. The van der Waals surface area contributed by atoms with Gasteiger partial charge in [0.05, 0.1) is 18.6 Å². The molecule has 0 radical (unpaired) electrons. The van der Waals surface area contributed by atoms with Crippen molar-refractivity contribution >= 4 is 16.0 Å². The number of fused-ring (bicyclic) bond motifs is 1. The lowest BCUT2D eigenvalue weighted by molar-refractivity contribution is -0.137. The number of hydrogen-bond donors (Lipinski definition) is 0. The molecule has 0 fully saturated rings. The monoisotopic (exact) mass is 481 g/mol. The van der Waals surface area contributed by atoms with Crippen LogP contribution in [0.3, 0.4) is 0 Å². The van der Waals surface area contributed by atoms with Gasteiger partial charge in [-0.05, 0) is 60.6 Å². The molecule has 6 nitrogen and oxygen atoms in total. The van der Waals surface area contributed by atoms with Crippen LogP contribution >= 0.6 is 0 Å². The van der Waals surface area contributed by atoms with Crippen molar-refractivity contribution < 1.29 is 22.7 Å². The third-order valence-electron chi connectivity index (χ3n) is 6.69. The van der Waals surface area contributed by atoms with E-state index < -0.39 is 16.0 Å². The number of allylic oxidation sites excluding steroid dienone is 2. The molecule has 2 aliphatic rings. The lowest BCUT2D eigenvalue weighted by atomic mass is 9.70. The number of aryl methyl sites for hydroxylation is 1. The number of rotatable bonds is 6. The maximum Gasteiger partial charge on any atom is 0.307 e. The minimum absolute atomic E-state index is 0.0111. The van der Waals surface area contributed by atoms with E-state index >= 15 is 0 Å². The van der Waals surface area contributed by atoms with Crippen LogP contribution in [-0.2, 0) is 19.6 Å². The van der Waals surface area contributed by atoms with Crippen LogP contribution in [0.1, 0.15) is 43.7 Å². The molecule has 0 bridgehead atoms. The van der Waals surface area contributed by atoms with Crippen molar-refractivity contribution in [2.24, 2.45) is 5.92 Å². The average Bonchev–Trinajstić information content (AvgIpc) is 2.83. The minimum atomic E-state index is -3.79. The molecule has 1 aliphatic carbocycles. The van der Waals surface area contributed by atoms with Crippen molar-refractivity contribution in [1.82, 2.24) is 4.31 Å². The van der Waals surface area contributed by atoms with E-state index in [0.29, 0.717) is 12.3 Å². The van der Waals surface area contributed by atoms with E-state index in [1.54, 1.807) is 31.4 Å². The van der Waals surface area contributed by atoms with Gasteiger partial charge in [-0.1, -0.05) is 48.9 Å². The van der Waals surface area contributed by atoms with Crippen molar-refractivity contribution in [1.29, 1.82) is 0 Å². The maximum absolute atomic E-state index is 13.6. The van der Waals surface area contributed by atoms with Crippen molar-refractivity contribution in [3.8, 4) is 5.75 Å². The molecule has 2 atom stereocenters. The first-order chi connectivity index (χ1) is 16.3.